The van der Waals surface area contributed by atoms with Gasteiger partial charge in [0.05, 0.1) is 24.9 Å². The third-order valence-corrected chi connectivity index (χ3v) is 5.28. The summed E-state index contributed by atoms with van der Waals surface area (Å²) in [5.41, 5.74) is 0. The fourth-order valence-electron chi connectivity index (χ4n) is 3.19. The highest BCUT2D eigenvalue weighted by atomic mass is 127. The quantitative estimate of drug-likeness (QED) is 0.483. The lowest BCUT2D eigenvalue weighted by molar-refractivity contribution is -0.0861. The second kappa shape index (κ2) is 8.83. The highest BCUT2D eigenvalue weighted by Gasteiger charge is 2.24. The van der Waals surface area contributed by atoms with Crippen LogP contribution >= 0.6 is 22.6 Å². The minimum absolute atomic E-state index is 0.283. The molecule has 0 amide bonds. The van der Waals surface area contributed by atoms with E-state index in [9.17, 15) is 0 Å². The Kier molecular flexibility index (Phi) is 7.45. The Morgan fingerprint density at radius 2 is 1.42 bits per heavy atom. The monoisotopic (exact) mass is 380 g/mol. The summed E-state index contributed by atoms with van der Waals surface area (Å²) in [4.78, 5) is 0. The summed E-state index contributed by atoms with van der Waals surface area (Å²) in [5, 5.41) is 0. The van der Waals surface area contributed by atoms with Crippen LogP contribution in [-0.4, -0.2) is 28.8 Å². The number of halogens is 1. The SMILES string of the molecule is CC(I)C(COC1CCCCC1)OC1CCCCC1. The molecule has 19 heavy (non-hydrogen) atoms. The molecule has 0 aliphatic heterocycles. The molecule has 2 unspecified atom stereocenters. The molecule has 0 radical (unpaired) electrons. The van der Waals surface area contributed by atoms with Crippen LogP contribution in [-0.2, 0) is 9.47 Å². The van der Waals surface area contributed by atoms with E-state index in [1.165, 1.54) is 64.2 Å². The molecule has 0 N–H and O–H groups in total. The molecule has 0 aromatic rings. The van der Waals surface area contributed by atoms with Crippen molar-refractivity contribution in [3.8, 4) is 0 Å². The molecule has 0 spiro atoms. The van der Waals surface area contributed by atoms with E-state index in [4.69, 9.17) is 9.47 Å². The molecule has 2 aliphatic carbocycles. The van der Waals surface area contributed by atoms with Crippen molar-refractivity contribution < 1.29 is 9.47 Å². The molecular weight excluding hydrogens is 351 g/mol. The number of hydrogen-bond acceptors (Lipinski definition) is 2. The first-order valence-electron chi connectivity index (χ1n) is 8.17. The van der Waals surface area contributed by atoms with Crippen LogP contribution in [0.2, 0.25) is 0 Å². The molecule has 0 aromatic carbocycles. The van der Waals surface area contributed by atoms with E-state index >= 15 is 0 Å². The highest BCUT2D eigenvalue weighted by Crippen LogP contribution is 2.25. The van der Waals surface area contributed by atoms with Crippen LogP contribution < -0.4 is 0 Å². The fourth-order valence-corrected chi connectivity index (χ4v) is 3.57. The molecular formula is C16H29IO2. The average molecular weight is 380 g/mol. The minimum Gasteiger partial charge on any atom is -0.375 e. The first-order valence-corrected chi connectivity index (χ1v) is 9.41. The van der Waals surface area contributed by atoms with E-state index in [1.54, 1.807) is 0 Å². The Labute approximate surface area is 132 Å². The topological polar surface area (TPSA) is 18.5 Å². The third kappa shape index (κ3) is 5.88. The summed E-state index contributed by atoms with van der Waals surface area (Å²) in [6.45, 7) is 3.05. The largest absolute Gasteiger partial charge is 0.375 e. The van der Waals surface area contributed by atoms with Crippen LogP contribution in [0.15, 0.2) is 0 Å². The molecule has 112 valence electrons. The number of rotatable bonds is 6. The summed E-state index contributed by atoms with van der Waals surface area (Å²) >= 11 is 2.49. The summed E-state index contributed by atoms with van der Waals surface area (Å²) in [6, 6.07) is 0. The molecule has 0 saturated heterocycles. The lowest BCUT2D eigenvalue weighted by atomic mass is 9.97. The zero-order chi connectivity index (χ0) is 13.5. The van der Waals surface area contributed by atoms with E-state index in [0.717, 1.165) is 6.61 Å². The summed E-state index contributed by atoms with van der Waals surface area (Å²) in [6.07, 6.45) is 14.5. The minimum atomic E-state index is 0.283. The number of hydrogen-bond donors (Lipinski definition) is 0. The van der Waals surface area contributed by atoms with Crippen LogP contribution in [0.4, 0.5) is 0 Å². The van der Waals surface area contributed by atoms with Crippen molar-refractivity contribution in [2.75, 3.05) is 6.61 Å². The van der Waals surface area contributed by atoms with E-state index in [-0.39, 0.29) is 6.10 Å². The van der Waals surface area contributed by atoms with Gasteiger partial charge in [-0.1, -0.05) is 68.0 Å². The first-order chi connectivity index (χ1) is 9.25. The summed E-state index contributed by atoms with van der Waals surface area (Å²) in [7, 11) is 0. The first kappa shape index (κ1) is 16.0. The Bertz CT molecular complexity index is 233. The molecule has 0 heterocycles. The maximum Gasteiger partial charge on any atom is 0.0926 e. The van der Waals surface area contributed by atoms with Gasteiger partial charge in [0.2, 0.25) is 0 Å². The Morgan fingerprint density at radius 1 is 0.895 bits per heavy atom. The van der Waals surface area contributed by atoms with Crippen LogP contribution in [0.3, 0.4) is 0 Å². The zero-order valence-electron chi connectivity index (χ0n) is 12.3. The van der Waals surface area contributed by atoms with Gasteiger partial charge >= 0.3 is 0 Å². The molecule has 0 aromatic heterocycles. The van der Waals surface area contributed by atoms with E-state index in [0.29, 0.717) is 16.1 Å². The Morgan fingerprint density at radius 3 is 1.95 bits per heavy atom. The summed E-state index contributed by atoms with van der Waals surface area (Å²) < 4.78 is 13.0. The van der Waals surface area contributed by atoms with Gasteiger partial charge in [0.15, 0.2) is 0 Å². The second-order valence-corrected chi connectivity index (χ2v) is 8.17. The molecule has 0 bridgehead atoms. The summed E-state index contributed by atoms with van der Waals surface area (Å²) in [5.74, 6) is 0. The average Bonchev–Trinajstić information content (AvgIpc) is 2.45. The Hall–Kier alpha value is 0.650. The van der Waals surface area contributed by atoms with E-state index in [2.05, 4.69) is 29.5 Å². The van der Waals surface area contributed by atoms with Gasteiger partial charge < -0.3 is 9.47 Å². The normalized spacial score (nSPS) is 26.2. The van der Waals surface area contributed by atoms with Crippen molar-refractivity contribution in [3.05, 3.63) is 0 Å². The predicted octanol–water partition coefficient (Wildman–Crippen LogP) is 4.88. The van der Waals surface area contributed by atoms with Gasteiger partial charge in [-0.3, -0.25) is 0 Å². The molecule has 2 aliphatic rings. The molecule has 2 atom stereocenters. The van der Waals surface area contributed by atoms with Crippen LogP contribution in [0.5, 0.6) is 0 Å². The highest BCUT2D eigenvalue weighted by molar-refractivity contribution is 14.1. The van der Waals surface area contributed by atoms with Crippen molar-refractivity contribution in [2.24, 2.45) is 0 Å². The maximum atomic E-state index is 6.31. The number of alkyl halides is 1. The molecule has 3 heteroatoms. The van der Waals surface area contributed by atoms with Crippen LogP contribution in [0.1, 0.15) is 71.1 Å². The molecule has 2 nitrogen and oxygen atoms in total. The lowest BCUT2D eigenvalue weighted by Crippen LogP contribution is -2.35. The van der Waals surface area contributed by atoms with E-state index < -0.39 is 0 Å². The zero-order valence-corrected chi connectivity index (χ0v) is 14.4. The van der Waals surface area contributed by atoms with Crippen molar-refractivity contribution in [1.82, 2.24) is 0 Å². The third-order valence-electron chi connectivity index (χ3n) is 4.48. The van der Waals surface area contributed by atoms with Gasteiger partial charge in [-0.2, -0.15) is 0 Å². The molecule has 2 fully saturated rings. The maximum absolute atomic E-state index is 6.31. The van der Waals surface area contributed by atoms with Gasteiger partial charge in [-0.25, -0.2) is 0 Å². The van der Waals surface area contributed by atoms with Gasteiger partial charge in [0.25, 0.3) is 0 Å². The molecule has 2 saturated carbocycles. The van der Waals surface area contributed by atoms with Crippen molar-refractivity contribution >= 4 is 22.6 Å². The van der Waals surface area contributed by atoms with Gasteiger partial charge in [0.1, 0.15) is 0 Å². The molecule has 2 rings (SSSR count). The van der Waals surface area contributed by atoms with Gasteiger partial charge in [-0.15, -0.1) is 0 Å². The van der Waals surface area contributed by atoms with E-state index in [1.807, 2.05) is 0 Å². The van der Waals surface area contributed by atoms with Crippen LogP contribution in [0.25, 0.3) is 0 Å². The Balaban J connectivity index is 1.71. The fraction of sp³-hybridized carbons (Fsp3) is 1.00. The smallest absolute Gasteiger partial charge is 0.0926 e. The lowest BCUT2D eigenvalue weighted by Gasteiger charge is -2.31. The van der Waals surface area contributed by atoms with Crippen molar-refractivity contribution in [3.63, 3.8) is 0 Å². The van der Waals surface area contributed by atoms with Gasteiger partial charge in [0, 0.05) is 3.92 Å². The second-order valence-electron chi connectivity index (χ2n) is 6.21. The predicted molar refractivity (Wildman–Crippen MR) is 88.1 cm³/mol. The van der Waals surface area contributed by atoms with Crippen LogP contribution in [0, 0.1) is 0 Å². The number of ether oxygens (including phenoxy) is 2. The van der Waals surface area contributed by atoms with Crippen molar-refractivity contribution in [1.29, 1.82) is 0 Å². The van der Waals surface area contributed by atoms with Gasteiger partial charge in [-0.05, 0) is 25.7 Å². The van der Waals surface area contributed by atoms with Crippen molar-refractivity contribution in [2.45, 2.75) is 93.4 Å². The standard InChI is InChI=1S/C16H29IO2/c1-13(17)16(19-15-10-6-3-7-11-15)12-18-14-8-4-2-5-9-14/h13-16H,2-12H2,1H3.